The normalized spacial score (nSPS) is 17.2. The van der Waals surface area contributed by atoms with Crippen LogP contribution in [0.5, 0.6) is 0 Å². The molecule has 1 heterocycles. The Hall–Kier alpha value is -2.48. The van der Waals surface area contributed by atoms with E-state index in [1.807, 2.05) is 30.3 Å². The van der Waals surface area contributed by atoms with Crippen LogP contribution in [0, 0.1) is 0 Å². The molecule has 0 aromatic heterocycles. The van der Waals surface area contributed by atoms with Gasteiger partial charge in [-0.1, -0.05) is 24.3 Å². The molecule has 1 atom stereocenters. The molecule has 4 nitrogen and oxygen atoms in total. The quantitative estimate of drug-likeness (QED) is 0.787. The van der Waals surface area contributed by atoms with E-state index in [9.17, 15) is 22.8 Å². The summed E-state index contributed by atoms with van der Waals surface area (Å²) < 4.78 is 38.2. The first-order valence-electron chi connectivity index (χ1n) is 8.30. The summed E-state index contributed by atoms with van der Waals surface area (Å²) in [5.41, 5.74) is 0.0231. The number of hydrogen-bond donors (Lipinski definition) is 1. The first-order valence-corrected chi connectivity index (χ1v) is 9.29. The van der Waals surface area contributed by atoms with Gasteiger partial charge in [0.1, 0.15) is 6.04 Å². The second-order valence-corrected chi connectivity index (χ2v) is 7.10. The van der Waals surface area contributed by atoms with Gasteiger partial charge in [0.2, 0.25) is 11.8 Å². The minimum atomic E-state index is -4.42. The van der Waals surface area contributed by atoms with Crippen LogP contribution in [0.25, 0.3) is 0 Å². The molecule has 1 saturated heterocycles. The molecule has 2 aromatic rings. The van der Waals surface area contributed by atoms with Crippen LogP contribution in [0.3, 0.4) is 0 Å². The molecule has 1 fully saturated rings. The topological polar surface area (TPSA) is 49.4 Å². The monoisotopic (exact) mass is 394 g/mol. The number of carbonyl (C=O) groups is 2. The van der Waals surface area contributed by atoms with Gasteiger partial charge in [-0.15, -0.1) is 11.8 Å². The lowest BCUT2D eigenvalue weighted by Gasteiger charge is -2.17. The third-order valence-corrected chi connectivity index (χ3v) is 5.13. The van der Waals surface area contributed by atoms with Gasteiger partial charge in [-0.2, -0.15) is 13.2 Å². The second-order valence-electron chi connectivity index (χ2n) is 6.05. The van der Waals surface area contributed by atoms with Gasteiger partial charge in [0.25, 0.3) is 0 Å². The Bertz CT molecular complexity index is 827. The van der Waals surface area contributed by atoms with E-state index in [0.717, 1.165) is 29.6 Å². The maximum absolute atomic E-state index is 12.7. The van der Waals surface area contributed by atoms with E-state index in [1.54, 1.807) is 4.90 Å². The third-order valence-electron chi connectivity index (χ3n) is 4.14. The molecule has 0 spiro atoms. The minimum Gasteiger partial charge on any atom is -0.343 e. The van der Waals surface area contributed by atoms with Crippen LogP contribution >= 0.6 is 11.8 Å². The molecule has 27 heavy (non-hydrogen) atoms. The predicted molar refractivity (Wildman–Crippen MR) is 97.5 cm³/mol. The summed E-state index contributed by atoms with van der Waals surface area (Å²) in [5, 5.41) is 2.67. The molecule has 1 aliphatic heterocycles. The van der Waals surface area contributed by atoms with Crippen molar-refractivity contribution in [1.29, 1.82) is 0 Å². The largest absolute Gasteiger partial charge is 0.416 e. The van der Waals surface area contributed by atoms with Crippen LogP contribution in [-0.2, 0) is 15.8 Å². The highest BCUT2D eigenvalue weighted by molar-refractivity contribution is 8.00. The van der Waals surface area contributed by atoms with Gasteiger partial charge in [0.15, 0.2) is 0 Å². The second kappa shape index (κ2) is 8.04. The molecule has 3 rings (SSSR count). The molecule has 1 N–H and O–H groups in total. The minimum absolute atomic E-state index is 0.0591. The van der Waals surface area contributed by atoms with Crippen molar-refractivity contribution < 1.29 is 22.8 Å². The number of para-hydroxylation sites is 1. The Morgan fingerprint density at radius 2 is 1.89 bits per heavy atom. The van der Waals surface area contributed by atoms with Gasteiger partial charge in [0, 0.05) is 17.1 Å². The fraction of sp³-hybridized carbons (Fsp3) is 0.263. The van der Waals surface area contributed by atoms with Crippen molar-refractivity contribution in [2.24, 2.45) is 0 Å². The fourth-order valence-electron chi connectivity index (χ4n) is 2.83. The summed E-state index contributed by atoms with van der Waals surface area (Å²) in [6, 6.07) is 13.4. The molecule has 1 unspecified atom stereocenters. The Kier molecular flexibility index (Phi) is 5.74. The van der Waals surface area contributed by atoms with Crippen molar-refractivity contribution in [1.82, 2.24) is 5.32 Å². The molecule has 0 aliphatic carbocycles. The molecule has 0 radical (unpaired) electrons. The maximum Gasteiger partial charge on any atom is 0.416 e. The molecule has 8 heteroatoms. The van der Waals surface area contributed by atoms with E-state index in [1.165, 1.54) is 12.1 Å². The molecule has 2 amide bonds. The van der Waals surface area contributed by atoms with Crippen molar-refractivity contribution in [3.05, 3.63) is 60.2 Å². The summed E-state index contributed by atoms with van der Waals surface area (Å²) in [6.45, 7) is 0.508. The number of alkyl halides is 3. The highest BCUT2D eigenvalue weighted by atomic mass is 32.2. The first-order chi connectivity index (χ1) is 12.8. The molecule has 0 saturated carbocycles. The zero-order valence-electron chi connectivity index (χ0n) is 14.2. The summed E-state index contributed by atoms with van der Waals surface area (Å²) >= 11 is 1.00. The number of benzene rings is 2. The Morgan fingerprint density at radius 1 is 1.15 bits per heavy atom. The summed E-state index contributed by atoms with van der Waals surface area (Å²) in [5.74, 6) is -0.625. The SMILES string of the molecule is O=C(CSc1cccc(C(F)(F)F)c1)NC1CCN(c2ccccc2)C1=O. The number of hydrogen-bond acceptors (Lipinski definition) is 3. The number of rotatable bonds is 5. The van der Waals surface area contributed by atoms with Crippen LogP contribution in [0.4, 0.5) is 18.9 Å². The van der Waals surface area contributed by atoms with E-state index in [4.69, 9.17) is 0 Å². The summed E-state index contributed by atoms with van der Waals surface area (Å²) in [4.78, 5) is 26.5. The van der Waals surface area contributed by atoms with Gasteiger partial charge in [-0.05, 0) is 36.8 Å². The van der Waals surface area contributed by atoms with E-state index < -0.39 is 17.8 Å². The molecular weight excluding hydrogens is 377 g/mol. The molecule has 2 aromatic carbocycles. The van der Waals surface area contributed by atoms with Crippen LogP contribution in [0.15, 0.2) is 59.5 Å². The predicted octanol–water partition coefficient (Wildman–Crippen LogP) is 3.72. The van der Waals surface area contributed by atoms with Gasteiger partial charge < -0.3 is 10.2 Å². The van der Waals surface area contributed by atoms with Crippen molar-refractivity contribution in [3.8, 4) is 0 Å². The van der Waals surface area contributed by atoms with Crippen LogP contribution in [0.2, 0.25) is 0 Å². The molecule has 1 aliphatic rings. The first kappa shape index (κ1) is 19.3. The van der Waals surface area contributed by atoms with E-state index >= 15 is 0 Å². The van der Waals surface area contributed by atoms with Crippen molar-refractivity contribution >= 4 is 29.3 Å². The number of carbonyl (C=O) groups excluding carboxylic acids is 2. The van der Waals surface area contributed by atoms with Crippen LogP contribution in [-0.4, -0.2) is 30.2 Å². The average Bonchev–Trinajstić information content (AvgIpc) is 3.01. The standard InChI is InChI=1S/C19H17F3N2O2S/c20-19(21,22)13-5-4-8-15(11-13)27-12-17(25)23-16-9-10-24(18(16)26)14-6-2-1-3-7-14/h1-8,11,16H,9-10,12H2,(H,23,25). The Labute approximate surface area is 158 Å². The maximum atomic E-state index is 12.7. The van der Waals surface area contributed by atoms with Gasteiger partial charge in [-0.3, -0.25) is 9.59 Å². The number of anilines is 1. The lowest BCUT2D eigenvalue weighted by atomic mass is 10.2. The zero-order valence-corrected chi connectivity index (χ0v) is 15.0. The molecule has 0 bridgehead atoms. The van der Waals surface area contributed by atoms with Crippen LogP contribution in [0.1, 0.15) is 12.0 Å². The number of nitrogens with one attached hydrogen (secondary N) is 1. The zero-order chi connectivity index (χ0) is 19.4. The van der Waals surface area contributed by atoms with E-state index in [2.05, 4.69) is 5.32 Å². The van der Waals surface area contributed by atoms with Gasteiger partial charge >= 0.3 is 6.18 Å². The van der Waals surface area contributed by atoms with Gasteiger partial charge in [0.05, 0.1) is 11.3 Å². The van der Waals surface area contributed by atoms with Crippen molar-refractivity contribution in [2.75, 3.05) is 17.2 Å². The third kappa shape index (κ3) is 4.82. The summed E-state index contributed by atoms with van der Waals surface area (Å²) in [7, 11) is 0. The Morgan fingerprint density at radius 3 is 2.59 bits per heavy atom. The molecule has 142 valence electrons. The average molecular weight is 394 g/mol. The Balaban J connectivity index is 1.54. The lowest BCUT2D eigenvalue weighted by Crippen LogP contribution is -2.42. The number of amides is 2. The number of halogens is 3. The fourth-order valence-corrected chi connectivity index (χ4v) is 3.59. The molecular formula is C19H17F3N2O2S. The number of thioether (sulfide) groups is 1. The van der Waals surface area contributed by atoms with E-state index in [-0.39, 0.29) is 17.6 Å². The highest BCUT2D eigenvalue weighted by Gasteiger charge is 2.33. The highest BCUT2D eigenvalue weighted by Crippen LogP contribution is 2.31. The smallest absolute Gasteiger partial charge is 0.343 e. The van der Waals surface area contributed by atoms with Crippen molar-refractivity contribution in [3.63, 3.8) is 0 Å². The number of nitrogens with zero attached hydrogens (tertiary/aromatic N) is 1. The summed E-state index contributed by atoms with van der Waals surface area (Å²) in [6.07, 6.45) is -3.93. The van der Waals surface area contributed by atoms with E-state index in [0.29, 0.717) is 17.9 Å². The van der Waals surface area contributed by atoms with Gasteiger partial charge in [-0.25, -0.2) is 0 Å². The van der Waals surface area contributed by atoms with Crippen molar-refractivity contribution in [2.45, 2.75) is 23.5 Å². The van der Waals surface area contributed by atoms with Crippen LogP contribution < -0.4 is 10.2 Å². The lowest BCUT2D eigenvalue weighted by molar-refractivity contribution is -0.137.